The predicted molar refractivity (Wildman–Crippen MR) is 141 cm³/mol. The quantitative estimate of drug-likeness (QED) is 0.408. The van der Waals surface area contributed by atoms with E-state index in [9.17, 15) is 19.2 Å². The largest absolute Gasteiger partial charge is 0.467 e. The highest BCUT2D eigenvalue weighted by Crippen LogP contribution is 2.14. The minimum Gasteiger partial charge on any atom is -0.467 e. The highest BCUT2D eigenvalue weighted by Gasteiger charge is 2.31. The van der Waals surface area contributed by atoms with Gasteiger partial charge in [0.2, 0.25) is 11.3 Å². The fourth-order valence-corrected chi connectivity index (χ4v) is 4.13. The Balaban J connectivity index is 1.89. The summed E-state index contributed by atoms with van der Waals surface area (Å²) in [6.45, 7) is 7.95. The molecule has 3 atom stereocenters. The summed E-state index contributed by atoms with van der Waals surface area (Å²) in [6.07, 6.45) is 2.30. The summed E-state index contributed by atoms with van der Waals surface area (Å²) in [4.78, 5) is 56.8. The molecule has 2 heterocycles. The summed E-state index contributed by atoms with van der Waals surface area (Å²) in [7, 11) is 1.26. The van der Waals surface area contributed by atoms with Gasteiger partial charge >= 0.3 is 5.97 Å². The Morgan fingerprint density at radius 1 is 1.05 bits per heavy atom. The summed E-state index contributed by atoms with van der Waals surface area (Å²) in [5.41, 5.74) is 1.58. The molecule has 9 heteroatoms. The summed E-state index contributed by atoms with van der Waals surface area (Å²) >= 11 is 0. The average molecular weight is 507 g/mol. The van der Waals surface area contributed by atoms with Gasteiger partial charge in [-0.05, 0) is 37.5 Å². The first-order valence-corrected chi connectivity index (χ1v) is 12.4. The number of pyridine rings is 2. The van der Waals surface area contributed by atoms with E-state index < -0.39 is 35.3 Å². The molecule has 0 aliphatic carbocycles. The third kappa shape index (κ3) is 6.41. The molecule has 196 valence electrons. The maximum absolute atomic E-state index is 13.4. The highest BCUT2D eigenvalue weighted by atomic mass is 16.5. The SMILES string of the molecule is CCC(C)C(NC(=O)c1cn(CC)c2nc(C)ccc2c1=O)C(=O)NC(Cc1ccccc1)C(=O)OC. The van der Waals surface area contributed by atoms with Crippen LogP contribution in [0.5, 0.6) is 0 Å². The van der Waals surface area contributed by atoms with Gasteiger partial charge in [-0.3, -0.25) is 14.4 Å². The molecule has 3 aromatic rings. The number of rotatable bonds is 10. The van der Waals surface area contributed by atoms with E-state index in [4.69, 9.17) is 4.74 Å². The van der Waals surface area contributed by atoms with Crippen molar-refractivity contribution in [1.29, 1.82) is 0 Å². The van der Waals surface area contributed by atoms with Crippen LogP contribution in [-0.2, 0) is 27.3 Å². The second kappa shape index (κ2) is 12.3. The van der Waals surface area contributed by atoms with Crippen LogP contribution in [0.15, 0.2) is 53.5 Å². The summed E-state index contributed by atoms with van der Waals surface area (Å²) in [5.74, 6) is -2.04. The van der Waals surface area contributed by atoms with Gasteiger partial charge in [0.25, 0.3) is 5.91 Å². The van der Waals surface area contributed by atoms with Crippen molar-refractivity contribution in [1.82, 2.24) is 20.2 Å². The number of hydrogen-bond acceptors (Lipinski definition) is 6. The van der Waals surface area contributed by atoms with Crippen LogP contribution in [0.3, 0.4) is 0 Å². The zero-order chi connectivity index (χ0) is 27.1. The molecule has 0 saturated carbocycles. The van der Waals surface area contributed by atoms with Gasteiger partial charge in [0, 0.05) is 24.9 Å². The molecule has 0 radical (unpaired) electrons. The number of ether oxygens (including phenoxy) is 1. The van der Waals surface area contributed by atoms with Crippen molar-refractivity contribution in [3.8, 4) is 0 Å². The van der Waals surface area contributed by atoms with Crippen molar-refractivity contribution in [2.24, 2.45) is 5.92 Å². The van der Waals surface area contributed by atoms with E-state index in [0.29, 0.717) is 24.0 Å². The topological polar surface area (TPSA) is 119 Å². The van der Waals surface area contributed by atoms with E-state index in [1.54, 1.807) is 16.7 Å². The van der Waals surface area contributed by atoms with Gasteiger partial charge < -0.3 is 19.9 Å². The van der Waals surface area contributed by atoms with Crippen LogP contribution < -0.4 is 16.1 Å². The van der Waals surface area contributed by atoms with E-state index in [1.165, 1.54) is 13.3 Å². The van der Waals surface area contributed by atoms with Crippen molar-refractivity contribution in [3.05, 3.63) is 75.7 Å². The smallest absolute Gasteiger partial charge is 0.328 e. The lowest BCUT2D eigenvalue weighted by Gasteiger charge is -2.26. The second-order valence-corrected chi connectivity index (χ2v) is 9.09. The van der Waals surface area contributed by atoms with Gasteiger partial charge in [-0.1, -0.05) is 50.6 Å². The molecule has 2 aromatic heterocycles. The van der Waals surface area contributed by atoms with Crippen molar-refractivity contribution in [3.63, 3.8) is 0 Å². The number of methoxy groups -OCH3 is 1. The van der Waals surface area contributed by atoms with Crippen molar-refractivity contribution >= 4 is 28.8 Å². The lowest BCUT2D eigenvalue weighted by molar-refractivity contribution is -0.145. The van der Waals surface area contributed by atoms with Gasteiger partial charge in [-0.15, -0.1) is 0 Å². The number of nitrogens with zero attached hydrogens (tertiary/aromatic N) is 2. The number of aromatic nitrogens is 2. The molecule has 0 aliphatic rings. The standard InChI is InChI=1S/C28H34N4O5/c1-6-17(3)23(27(35)30-22(28(36)37-5)15-19-11-9-8-10-12-19)31-26(34)21-16-32(7-2)25-20(24(21)33)14-13-18(4)29-25/h8-14,16-17,22-23H,6-7,15H2,1-5H3,(H,30,35)(H,31,34). The first-order valence-electron chi connectivity index (χ1n) is 12.4. The average Bonchev–Trinajstić information content (AvgIpc) is 2.90. The molecule has 0 saturated heterocycles. The van der Waals surface area contributed by atoms with E-state index in [0.717, 1.165) is 11.3 Å². The Morgan fingerprint density at radius 3 is 2.38 bits per heavy atom. The van der Waals surface area contributed by atoms with E-state index in [2.05, 4.69) is 15.6 Å². The molecule has 1 aromatic carbocycles. The lowest BCUT2D eigenvalue weighted by atomic mass is 9.97. The zero-order valence-electron chi connectivity index (χ0n) is 21.9. The van der Waals surface area contributed by atoms with E-state index in [-0.39, 0.29) is 17.9 Å². The van der Waals surface area contributed by atoms with Crippen LogP contribution in [0.4, 0.5) is 0 Å². The number of fused-ring (bicyclic) bond motifs is 1. The maximum atomic E-state index is 13.4. The van der Waals surface area contributed by atoms with Crippen LogP contribution in [0, 0.1) is 12.8 Å². The number of hydrogen-bond donors (Lipinski definition) is 2. The number of carbonyl (C=O) groups is 3. The van der Waals surface area contributed by atoms with Crippen molar-refractivity contribution in [2.75, 3.05) is 7.11 Å². The Kier molecular flexibility index (Phi) is 9.16. The third-order valence-corrected chi connectivity index (χ3v) is 6.51. The molecule has 0 spiro atoms. The Labute approximate surface area is 216 Å². The first-order chi connectivity index (χ1) is 17.7. The maximum Gasteiger partial charge on any atom is 0.328 e. The molecule has 9 nitrogen and oxygen atoms in total. The Bertz CT molecular complexity index is 1340. The molecule has 37 heavy (non-hydrogen) atoms. The molecule has 0 fully saturated rings. The van der Waals surface area contributed by atoms with Crippen molar-refractivity contribution in [2.45, 2.75) is 59.2 Å². The van der Waals surface area contributed by atoms with Gasteiger partial charge in [0.1, 0.15) is 23.3 Å². The van der Waals surface area contributed by atoms with E-state index in [1.807, 2.05) is 58.0 Å². The highest BCUT2D eigenvalue weighted by molar-refractivity contribution is 6.00. The molecule has 2 amide bonds. The number of nitrogens with one attached hydrogen (secondary N) is 2. The number of benzene rings is 1. The minimum atomic E-state index is -0.971. The van der Waals surface area contributed by atoms with Crippen molar-refractivity contribution < 1.29 is 19.1 Å². The fraction of sp³-hybridized carbons (Fsp3) is 0.393. The molecule has 3 rings (SSSR count). The van der Waals surface area contributed by atoms with Gasteiger partial charge in [-0.2, -0.15) is 0 Å². The zero-order valence-corrected chi connectivity index (χ0v) is 21.9. The van der Waals surface area contributed by atoms with E-state index >= 15 is 0 Å². The summed E-state index contributed by atoms with van der Waals surface area (Å²) < 4.78 is 6.64. The van der Waals surface area contributed by atoms with Crippen LogP contribution >= 0.6 is 0 Å². The van der Waals surface area contributed by atoms with Crippen LogP contribution in [-0.4, -0.2) is 46.5 Å². The number of aryl methyl sites for hydroxylation is 2. The Hall–Kier alpha value is -4.01. The summed E-state index contributed by atoms with van der Waals surface area (Å²) in [6, 6.07) is 10.7. The fourth-order valence-electron chi connectivity index (χ4n) is 4.13. The molecule has 0 bridgehead atoms. The normalized spacial score (nSPS) is 13.4. The number of esters is 1. The minimum absolute atomic E-state index is 0.0742. The molecule has 0 aliphatic heterocycles. The monoisotopic (exact) mass is 506 g/mol. The van der Waals surface area contributed by atoms with Crippen LogP contribution in [0.1, 0.15) is 48.8 Å². The van der Waals surface area contributed by atoms with Crippen LogP contribution in [0.2, 0.25) is 0 Å². The molecule has 3 unspecified atom stereocenters. The van der Waals surface area contributed by atoms with Crippen LogP contribution in [0.25, 0.3) is 11.0 Å². The molecule has 2 N–H and O–H groups in total. The lowest BCUT2D eigenvalue weighted by Crippen LogP contribution is -2.55. The predicted octanol–water partition coefficient (Wildman–Crippen LogP) is 2.77. The van der Waals surface area contributed by atoms with Gasteiger partial charge in [-0.25, -0.2) is 9.78 Å². The third-order valence-electron chi connectivity index (χ3n) is 6.51. The number of amides is 2. The second-order valence-electron chi connectivity index (χ2n) is 9.09. The summed E-state index contributed by atoms with van der Waals surface area (Å²) in [5, 5.41) is 5.81. The molecular formula is C28H34N4O5. The molecular weight excluding hydrogens is 472 g/mol. The Morgan fingerprint density at radius 2 is 1.76 bits per heavy atom. The first kappa shape index (κ1) is 27.6. The van der Waals surface area contributed by atoms with Gasteiger partial charge in [0.05, 0.1) is 12.5 Å². The number of carbonyl (C=O) groups excluding carboxylic acids is 3. The van der Waals surface area contributed by atoms with Gasteiger partial charge in [0.15, 0.2) is 0 Å².